The maximum atomic E-state index is 13.0. The smallest absolute Gasteiger partial charge is 0.230 e. The molecule has 0 radical (unpaired) electrons. The number of likely N-dealkylation sites (N-methyl/N-ethyl adjacent to an activating group) is 1. The van der Waals surface area contributed by atoms with Crippen LogP contribution in [0.4, 0.5) is 0 Å². The van der Waals surface area contributed by atoms with E-state index >= 15 is 0 Å². The zero-order chi connectivity index (χ0) is 15.7. The van der Waals surface area contributed by atoms with E-state index in [4.69, 9.17) is 0 Å². The third-order valence-electron chi connectivity index (χ3n) is 5.33. The highest BCUT2D eigenvalue weighted by molar-refractivity contribution is 7.07. The minimum atomic E-state index is -0.123. The molecule has 2 aliphatic heterocycles. The van der Waals surface area contributed by atoms with Gasteiger partial charge in [-0.25, -0.2) is 0 Å². The Labute approximate surface area is 137 Å². The van der Waals surface area contributed by atoms with Crippen LogP contribution in [0.5, 0.6) is 0 Å². The van der Waals surface area contributed by atoms with Crippen molar-refractivity contribution in [2.45, 2.75) is 19.9 Å². The summed E-state index contributed by atoms with van der Waals surface area (Å²) in [5.41, 5.74) is 1.26. The van der Waals surface area contributed by atoms with Gasteiger partial charge in [-0.05, 0) is 48.8 Å². The number of thiophene rings is 1. The van der Waals surface area contributed by atoms with Crippen molar-refractivity contribution in [1.82, 2.24) is 14.7 Å². The maximum Gasteiger partial charge on any atom is 0.230 e. The quantitative estimate of drug-likeness (QED) is 0.830. The number of carbonyl (C=O) groups excluding carboxylic acids is 1. The second kappa shape index (κ2) is 6.30. The van der Waals surface area contributed by atoms with Crippen molar-refractivity contribution >= 4 is 17.2 Å². The van der Waals surface area contributed by atoms with Gasteiger partial charge in [0.1, 0.15) is 0 Å². The van der Waals surface area contributed by atoms with Crippen molar-refractivity contribution < 1.29 is 4.79 Å². The summed E-state index contributed by atoms with van der Waals surface area (Å²) in [5.74, 6) is 0.859. The molecule has 0 unspecified atom stereocenters. The Morgan fingerprint density at radius 3 is 2.95 bits per heavy atom. The predicted octanol–water partition coefficient (Wildman–Crippen LogP) is 1.98. The van der Waals surface area contributed by atoms with Crippen molar-refractivity contribution in [2.24, 2.45) is 11.3 Å². The van der Waals surface area contributed by atoms with E-state index in [9.17, 15) is 4.79 Å². The van der Waals surface area contributed by atoms with Crippen molar-refractivity contribution in [3.63, 3.8) is 0 Å². The van der Waals surface area contributed by atoms with Crippen LogP contribution in [-0.2, 0) is 11.3 Å². The molecule has 1 aromatic rings. The number of rotatable bonds is 5. The molecule has 3 heterocycles. The Bertz CT molecular complexity index is 516. The summed E-state index contributed by atoms with van der Waals surface area (Å²) in [6.45, 7) is 7.98. The molecule has 2 aliphatic rings. The van der Waals surface area contributed by atoms with Gasteiger partial charge >= 0.3 is 0 Å². The fourth-order valence-corrected chi connectivity index (χ4v) is 4.60. The molecule has 1 amide bonds. The Hall–Kier alpha value is -0.910. The second-order valence-electron chi connectivity index (χ2n) is 7.20. The summed E-state index contributed by atoms with van der Waals surface area (Å²) in [5, 5.41) is 4.35. The summed E-state index contributed by atoms with van der Waals surface area (Å²) in [6, 6.07) is 2.19. The number of hydrogen-bond acceptors (Lipinski definition) is 4. The molecular weight excluding hydrogens is 294 g/mol. The molecule has 0 aliphatic carbocycles. The average molecular weight is 321 g/mol. The van der Waals surface area contributed by atoms with Crippen molar-refractivity contribution in [1.29, 1.82) is 0 Å². The van der Waals surface area contributed by atoms with Crippen LogP contribution in [0.2, 0.25) is 0 Å². The number of hydrogen-bond donors (Lipinski definition) is 0. The van der Waals surface area contributed by atoms with Crippen LogP contribution in [0.3, 0.4) is 0 Å². The zero-order valence-corrected chi connectivity index (χ0v) is 14.7. The zero-order valence-electron chi connectivity index (χ0n) is 13.9. The minimum absolute atomic E-state index is 0.123. The molecule has 0 N–H and O–H groups in total. The van der Waals surface area contributed by atoms with Gasteiger partial charge < -0.3 is 9.80 Å². The first kappa shape index (κ1) is 16.0. The normalized spacial score (nSPS) is 29.4. The maximum absolute atomic E-state index is 13.0. The molecular formula is C17H27N3OS. The van der Waals surface area contributed by atoms with Gasteiger partial charge in [0.25, 0.3) is 0 Å². The topological polar surface area (TPSA) is 26.8 Å². The predicted molar refractivity (Wildman–Crippen MR) is 90.9 cm³/mol. The molecule has 0 bridgehead atoms. The first-order chi connectivity index (χ1) is 10.5. The van der Waals surface area contributed by atoms with Crippen LogP contribution in [0, 0.1) is 11.3 Å². The highest BCUT2D eigenvalue weighted by Gasteiger charge is 2.54. The van der Waals surface area contributed by atoms with Gasteiger partial charge in [0, 0.05) is 39.3 Å². The summed E-state index contributed by atoms with van der Waals surface area (Å²) < 4.78 is 0. The van der Waals surface area contributed by atoms with Crippen molar-refractivity contribution in [3.8, 4) is 0 Å². The van der Waals surface area contributed by atoms with Gasteiger partial charge in [0.15, 0.2) is 0 Å². The molecule has 2 fully saturated rings. The lowest BCUT2D eigenvalue weighted by molar-refractivity contribution is -0.137. The van der Waals surface area contributed by atoms with Gasteiger partial charge in [-0.1, -0.05) is 6.92 Å². The van der Waals surface area contributed by atoms with Crippen LogP contribution in [-0.4, -0.2) is 67.4 Å². The van der Waals surface area contributed by atoms with E-state index in [0.717, 1.165) is 45.7 Å². The molecule has 3 rings (SSSR count). The Balaban J connectivity index is 1.64. The second-order valence-corrected chi connectivity index (χ2v) is 7.98. The molecule has 1 aromatic heterocycles. The standard InChI is InChI=1S/C17H27N3OS/c1-14-10-19(11-15-4-9-22-12-15)13-17(14)5-6-20(16(17)21)8-7-18(2)3/h4,9,12,14H,5-8,10-11,13H2,1-3H3/t14-,17-/m0/s1. The third kappa shape index (κ3) is 2.94. The first-order valence-corrected chi connectivity index (χ1v) is 9.13. The van der Waals surface area contributed by atoms with Crippen LogP contribution in [0.25, 0.3) is 0 Å². The lowest BCUT2D eigenvalue weighted by Crippen LogP contribution is -2.41. The average Bonchev–Trinajstić information content (AvgIpc) is 3.14. The number of carbonyl (C=O) groups is 1. The van der Waals surface area contributed by atoms with Crippen LogP contribution >= 0.6 is 11.3 Å². The molecule has 22 heavy (non-hydrogen) atoms. The third-order valence-corrected chi connectivity index (χ3v) is 6.06. The summed E-state index contributed by atoms with van der Waals surface area (Å²) in [7, 11) is 4.13. The van der Waals surface area contributed by atoms with E-state index in [1.165, 1.54) is 5.56 Å². The first-order valence-electron chi connectivity index (χ1n) is 8.19. The summed E-state index contributed by atoms with van der Waals surface area (Å²) in [4.78, 5) is 19.7. The van der Waals surface area contributed by atoms with E-state index in [1.807, 2.05) is 0 Å². The van der Waals surface area contributed by atoms with Gasteiger partial charge in [-0.15, -0.1) is 0 Å². The Morgan fingerprint density at radius 1 is 1.45 bits per heavy atom. The van der Waals surface area contributed by atoms with Crippen molar-refractivity contribution in [3.05, 3.63) is 22.4 Å². The molecule has 2 atom stereocenters. The SMILES string of the molecule is C[C@H]1CN(Cc2ccsc2)C[C@@]12CCN(CCN(C)C)C2=O. The molecule has 122 valence electrons. The van der Waals surface area contributed by atoms with Gasteiger partial charge in [0.05, 0.1) is 5.41 Å². The monoisotopic (exact) mass is 321 g/mol. The van der Waals surface area contributed by atoms with Crippen LogP contribution in [0.15, 0.2) is 16.8 Å². The highest BCUT2D eigenvalue weighted by atomic mass is 32.1. The Kier molecular flexibility index (Phi) is 4.57. The number of likely N-dealkylation sites (tertiary alicyclic amines) is 2. The highest BCUT2D eigenvalue weighted by Crippen LogP contribution is 2.45. The Morgan fingerprint density at radius 2 is 2.27 bits per heavy atom. The van der Waals surface area contributed by atoms with Crippen LogP contribution in [0.1, 0.15) is 18.9 Å². The lowest BCUT2D eigenvalue weighted by Gasteiger charge is -2.27. The van der Waals surface area contributed by atoms with Crippen LogP contribution < -0.4 is 0 Å². The molecule has 0 aromatic carbocycles. The number of nitrogens with zero attached hydrogens (tertiary/aromatic N) is 3. The molecule has 2 saturated heterocycles. The van der Waals surface area contributed by atoms with Crippen molar-refractivity contribution in [2.75, 3.05) is 46.8 Å². The van der Waals surface area contributed by atoms with Gasteiger partial charge in [-0.2, -0.15) is 11.3 Å². The largest absolute Gasteiger partial charge is 0.341 e. The fraction of sp³-hybridized carbons (Fsp3) is 0.706. The summed E-state index contributed by atoms with van der Waals surface area (Å²) in [6.07, 6.45) is 1.03. The molecule has 5 heteroatoms. The molecule has 4 nitrogen and oxygen atoms in total. The van der Waals surface area contributed by atoms with E-state index in [2.05, 4.69) is 52.5 Å². The van der Waals surface area contributed by atoms with E-state index in [-0.39, 0.29) is 5.41 Å². The molecule has 1 spiro atoms. The minimum Gasteiger partial charge on any atom is -0.341 e. The fourth-order valence-electron chi connectivity index (χ4n) is 3.94. The van der Waals surface area contributed by atoms with E-state index < -0.39 is 0 Å². The van der Waals surface area contributed by atoms with Gasteiger partial charge in [-0.3, -0.25) is 9.69 Å². The number of amides is 1. The summed E-state index contributed by atoms with van der Waals surface area (Å²) >= 11 is 1.75. The van der Waals surface area contributed by atoms with E-state index in [0.29, 0.717) is 11.8 Å². The van der Waals surface area contributed by atoms with E-state index in [1.54, 1.807) is 11.3 Å². The molecule has 0 saturated carbocycles. The van der Waals surface area contributed by atoms with Gasteiger partial charge in [0.2, 0.25) is 5.91 Å². The lowest BCUT2D eigenvalue weighted by atomic mass is 9.78.